The predicted octanol–water partition coefficient (Wildman–Crippen LogP) is 7.49. The lowest BCUT2D eigenvalue weighted by atomic mass is 10.0. The molecule has 42 heavy (non-hydrogen) atoms. The highest BCUT2D eigenvalue weighted by atomic mass is 35.5. The van der Waals surface area contributed by atoms with Gasteiger partial charge in [0, 0.05) is 22.5 Å². The Kier molecular flexibility index (Phi) is 10.6. The molecule has 5 nitrogen and oxygen atoms in total. The Balaban J connectivity index is 0.000000235. The lowest BCUT2D eigenvalue weighted by Crippen LogP contribution is -2.14. The summed E-state index contributed by atoms with van der Waals surface area (Å²) in [5.74, 6) is -0.630. The molecule has 0 radical (unpaired) electrons. The van der Waals surface area contributed by atoms with Crippen molar-refractivity contribution in [1.29, 1.82) is 0 Å². The van der Waals surface area contributed by atoms with E-state index >= 15 is 0 Å². The molecule has 0 unspecified atom stereocenters. The van der Waals surface area contributed by atoms with E-state index in [1.165, 1.54) is 24.3 Å². The zero-order chi connectivity index (χ0) is 31.1. The van der Waals surface area contributed by atoms with Crippen LogP contribution >= 0.6 is 11.6 Å². The van der Waals surface area contributed by atoms with E-state index in [0.717, 1.165) is 24.3 Å². The fourth-order valence-corrected chi connectivity index (χ4v) is 3.90. The lowest BCUT2D eigenvalue weighted by molar-refractivity contribution is -0.138. The van der Waals surface area contributed by atoms with Gasteiger partial charge in [-0.15, -0.1) is 11.6 Å². The number of benzene rings is 4. The summed E-state index contributed by atoms with van der Waals surface area (Å²) in [6.07, 6.45) is -8.72. The maximum atomic E-state index is 12.6. The van der Waals surface area contributed by atoms with Gasteiger partial charge in [-0.2, -0.15) is 26.3 Å². The van der Waals surface area contributed by atoms with Crippen molar-refractivity contribution < 1.29 is 41.4 Å². The van der Waals surface area contributed by atoms with Crippen LogP contribution in [0.3, 0.4) is 0 Å². The monoisotopic (exact) mass is 610 g/mol. The van der Waals surface area contributed by atoms with E-state index in [9.17, 15) is 36.2 Å². The third-order valence-electron chi connectivity index (χ3n) is 6.08. The minimum absolute atomic E-state index is 0.208. The second-order valence-corrected chi connectivity index (χ2v) is 9.20. The van der Waals surface area contributed by atoms with Crippen molar-refractivity contribution in [1.82, 2.24) is 0 Å². The Bertz CT molecular complexity index is 1510. The standard InChI is InChI=1S/C16H13ClF3NO2.C14H12F3NO/c17-8-15(23)21-14-6-3-11(7-12(14)9-22)10-1-4-13(5-2-10)16(18,19)20;15-14(16,17)12-4-1-9(2-5-12)10-3-6-13(18)11(7-10)8-19/h1-7,22H,8-9H2,(H,21,23);1-7,19H,8,18H2. The largest absolute Gasteiger partial charge is 0.416 e. The lowest BCUT2D eigenvalue weighted by Gasteiger charge is -2.12. The van der Waals surface area contributed by atoms with Gasteiger partial charge in [0.1, 0.15) is 5.88 Å². The quantitative estimate of drug-likeness (QED) is 0.103. The van der Waals surface area contributed by atoms with Crippen LogP contribution in [0.1, 0.15) is 22.3 Å². The number of anilines is 2. The number of nitrogen functional groups attached to an aromatic ring is 1. The molecule has 12 heteroatoms. The topological polar surface area (TPSA) is 95.6 Å². The zero-order valence-corrected chi connectivity index (χ0v) is 22.5. The molecule has 0 saturated heterocycles. The summed E-state index contributed by atoms with van der Waals surface area (Å²) in [5.41, 5.74) is 8.66. The molecule has 0 aliphatic heterocycles. The van der Waals surface area contributed by atoms with Crippen LogP contribution in [0.15, 0.2) is 84.9 Å². The number of rotatable bonds is 6. The Labute approximate surface area is 242 Å². The highest BCUT2D eigenvalue weighted by Crippen LogP contribution is 2.33. The first-order chi connectivity index (χ1) is 19.8. The third-order valence-corrected chi connectivity index (χ3v) is 6.32. The number of hydrogen-bond donors (Lipinski definition) is 4. The molecule has 4 rings (SSSR count). The fraction of sp³-hybridized carbons (Fsp3) is 0.167. The van der Waals surface area contributed by atoms with Gasteiger partial charge in [0.05, 0.1) is 24.3 Å². The van der Waals surface area contributed by atoms with E-state index in [1.807, 2.05) is 0 Å². The Morgan fingerprint density at radius 3 is 1.48 bits per heavy atom. The number of hydrogen-bond acceptors (Lipinski definition) is 4. The Morgan fingerprint density at radius 2 is 1.07 bits per heavy atom. The molecule has 0 spiro atoms. The summed E-state index contributed by atoms with van der Waals surface area (Å²) < 4.78 is 75.0. The van der Waals surface area contributed by atoms with E-state index in [1.54, 1.807) is 36.4 Å². The summed E-state index contributed by atoms with van der Waals surface area (Å²) in [7, 11) is 0. The van der Waals surface area contributed by atoms with Gasteiger partial charge in [-0.1, -0.05) is 36.4 Å². The van der Waals surface area contributed by atoms with Crippen molar-refractivity contribution in [3.63, 3.8) is 0 Å². The van der Waals surface area contributed by atoms with Crippen LogP contribution < -0.4 is 11.1 Å². The van der Waals surface area contributed by atoms with Gasteiger partial charge in [-0.25, -0.2) is 0 Å². The number of carbonyl (C=O) groups excluding carboxylic acids is 1. The first kappa shape index (κ1) is 32.5. The van der Waals surface area contributed by atoms with Gasteiger partial charge in [-0.05, 0) is 70.8 Å². The summed E-state index contributed by atoms with van der Waals surface area (Å²) in [6, 6.07) is 19.4. The molecule has 0 atom stereocenters. The highest BCUT2D eigenvalue weighted by molar-refractivity contribution is 6.29. The van der Waals surface area contributed by atoms with Crippen LogP contribution in [0, 0.1) is 0 Å². The normalized spacial score (nSPS) is 11.5. The molecule has 4 aromatic rings. The summed E-state index contributed by atoms with van der Waals surface area (Å²) >= 11 is 5.41. The van der Waals surface area contributed by atoms with Gasteiger partial charge in [0.25, 0.3) is 0 Å². The number of aliphatic hydroxyl groups is 2. The summed E-state index contributed by atoms with van der Waals surface area (Å²) in [5, 5.41) is 21.0. The van der Waals surface area contributed by atoms with E-state index in [0.29, 0.717) is 44.8 Å². The number of carbonyl (C=O) groups is 1. The third kappa shape index (κ3) is 8.48. The van der Waals surface area contributed by atoms with E-state index in [4.69, 9.17) is 22.4 Å². The maximum Gasteiger partial charge on any atom is 0.416 e. The van der Waals surface area contributed by atoms with Crippen LogP contribution in [0.2, 0.25) is 0 Å². The Hall–Kier alpha value is -4.06. The molecule has 0 bridgehead atoms. The maximum absolute atomic E-state index is 12.6. The van der Waals surface area contributed by atoms with Crippen LogP contribution in [0.25, 0.3) is 22.3 Å². The van der Waals surface area contributed by atoms with Crippen molar-refractivity contribution in [2.75, 3.05) is 16.9 Å². The second-order valence-electron chi connectivity index (χ2n) is 8.93. The molecule has 0 saturated carbocycles. The number of halogens is 7. The summed E-state index contributed by atoms with van der Waals surface area (Å²) in [4.78, 5) is 11.3. The predicted molar refractivity (Wildman–Crippen MR) is 149 cm³/mol. The summed E-state index contributed by atoms with van der Waals surface area (Å²) in [6.45, 7) is -0.535. The first-order valence-corrected chi connectivity index (χ1v) is 12.7. The SMILES string of the molecule is Nc1ccc(-c2ccc(C(F)(F)F)cc2)cc1CO.O=C(CCl)Nc1ccc(-c2ccc(C(F)(F)F)cc2)cc1CO. The molecule has 0 aliphatic rings. The zero-order valence-electron chi connectivity index (χ0n) is 21.7. The average molecular weight is 611 g/mol. The van der Waals surface area contributed by atoms with Crippen molar-refractivity contribution in [2.45, 2.75) is 25.6 Å². The molecule has 0 aliphatic carbocycles. The molecule has 4 aromatic carbocycles. The number of alkyl halides is 7. The number of nitrogens with one attached hydrogen (secondary N) is 1. The molecule has 222 valence electrons. The van der Waals surface area contributed by atoms with Crippen molar-refractivity contribution >= 4 is 28.9 Å². The second kappa shape index (κ2) is 13.7. The van der Waals surface area contributed by atoms with Crippen LogP contribution in [0.5, 0.6) is 0 Å². The van der Waals surface area contributed by atoms with Gasteiger partial charge in [-0.3, -0.25) is 4.79 Å². The van der Waals surface area contributed by atoms with Crippen molar-refractivity contribution in [3.05, 3.63) is 107 Å². The fourth-order valence-electron chi connectivity index (χ4n) is 3.84. The van der Waals surface area contributed by atoms with Gasteiger partial charge < -0.3 is 21.3 Å². The minimum atomic E-state index is -4.38. The highest BCUT2D eigenvalue weighted by Gasteiger charge is 2.30. The number of aliphatic hydroxyl groups excluding tert-OH is 2. The molecule has 0 heterocycles. The molecular formula is C30H25ClF6N2O3. The average Bonchev–Trinajstić information content (AvgIpc) is 2.97. The smallest absolute Gasteiger partial charge is 0.398 e. The van der Waals surface area contributed by atoms with Crippen LogP contribution in [-0.4, -0.2) is 22.0 Å². The van der Waals surface area contributed by atoms with Crippen LogP contribution in [0.4, 0.5) is 37.7 Å². The van der Waals surface area contributed by atoms with Gasteiger partial charge in [0.15, 0.2) is 0 Å². The van der Waals surface area contributed by atoms with E-state index < -0.39 is 29.4 Å². The van der Waals surface area contributed by atoms with Crippen LogP contribution in [-0.2, 0) is 30.4 Å². The van der Waals surface area contributed by atoms with Crippen molar-refractivity contribution in [2.24, 2.45) is 0 Å². The van der Waals surface area contributed by atoms with Crippen molar-refractivity contribution in [3.8, 4) is 22.3 Å². The molecular weight excluding hydrogens is 586 g/mol. The first-order valence-electron chi connectivity index (χ1n) is 12.2. The Morgan fingerprint density at radius 1 is 0.667 bits per heavy atom. The number of amides is 1. The number of nitrogens with two attached hydrogens (primary N) is 1. The molecule has 0 aromatic heterocycles. The molecule has 5 N–H and O–H groups in total. The van der Waals surface area contributed by atoms with Gasteiger partial charge in [0.2, 0.25) is 5.91 Å². The van der Waals surface area contributed by atoms with Gasteiger partial charge >= 0.3 is 12.4 Å². The minimum Gasteiger partial charge on any atom is -0.398 e. The molecule has 0 fully saturated rings. The van der Waals surface area contributed by atoms with E-state index in [-0.39, 0.29) is 19.1 Å². The molecule has 1 amide bonds. The van der Waals surface area contributed by atoms with E-state index in [2.05, 4.69) is 5.32 Å².